The van der Waals surface area contributed by atoms with E-state index in [1.165, 1.54) is 7.11 Å². The van der Waals surface area contributed by atoms with Crippen LogP contribution in [0.25, 0.3) is 0 Å². The first-order valence-corrected chi connectivity index (χ1v) is 6.11. The third kappa shape index (κ3) is 6.57. The summed E-state index contributed by atoms with van der Waals surface area (Å²) in [6, 6.07) is 0. The van der Waals surface area contributed by atoms with Gasteiger partial charge in [-0.2, -0.15) is 0 Å². The van der Waals surface area contributed by atoms with Gasteiger partial charge in [0.25, 0.3) is 0 Å². The normalized spacial score (nSPS) is 18.6. The molecule has 1 saturated heterocycles. The van der Waals surface area contributed by atoms with Crippen LogP contribution in [0, 0.1) is 0 Å². The van der Waals surface area contributed by atoms with Gasteiger partial charge in [0.15, 0.2) is 0 Å². The zero-order valence-corrected chi connectivity index (χ0v) is 8.89. The fourth-order valence-electron chi connectivity index (χ4n) is 0.890. The molecule has 1 aliphatic heterocycles. The largest absolute Gasteiger partial charge is 0.469 e. The lowest BCUT2D eigenvalue weighted by Crippen LogP contribution is -1.98. The van der Waals surface area contributed by atoms with Gasteiger partial charge in [-0.25, -0.2) is 8.42 Å². The molecule has 0 aromatic rings. The van der Waals surface area contributed by atoms with Crippen molar-refractivity contribution in [2.24, 2.45) is 0 Å². The summed E-state index contributed by atoms with van der Waals surface area (Å²) < 4.78 is 25.1. The van der Waals surface area contributed by atoms with Crippen LogP contribution in [0.3, 0.4) is 0 Å². The van der Waals surface area contributed by atoms with Gasteiger partial charge >= 0.3 is 5.97 Å². The summed E-state index contributed by atoms with van der Waals surface area (Å²) in [4.78, 5) is 9.96. The first-order valence-electron chi connectivity index (χ1n) is 4.29. The third-order valence-electron chi connectivity index (χ3n) is 1.68. The first kappa shape index (κ1) is 12.4. The fourth-order valence-corrected chi connectivity index (χ4v) is 2.38. The molecule has 78 valence electrons. The van der Waals surface area contributed by atoms with Crippen LogP contribution in [0.1, 0.15) is 26.2 Å². The van der Waals surface area contributed by atoms with Crippen molar-refractivity contribution in [2.75, 3.05) is 18.6 Å². The van der Waals surface area contributed by atoms with Gasteiger partial charge in [-0.15, -0.1) is 0 Å². The Kier molecular flexibility index (Phi) is 5.70. The number of hydrogen-bond donors (Lipinski definition) is 0. The average Bonchev–Trinajstić information content (AvgIpc) is 2.49. The molecule has 0 aliphatic carbocycles. The first-order chi connectivity index (χ1) is 6.02. The van der Waals surface area contributed by atoms with Crippen molar-refractivity contribution in [3.05, 3.63) is 0 Å². The Balaban J connectivity index is 0.000000226. The van der Waals surface area contributed by atoms with E-state index in [1.54, 1.807) is 6.92 Å². The molecule has 0 saturated carbocycles. The Hall–Kier alpha value is -0.580. The second-order valence-electron chi connectivity index (χ2n) is 2.79. The van der Waals surface area contributed by atoms with Crippen LogP contribution in [-0.4, -0.2) is 33.0 Å². The molecular weight excluding hydrogens is 192 g/mol. The van der Waals surface area contributed by atoms with E-state index in [4.69, 9.17) is 0 Å². The van der Waals surface area contributed by atoms with Crippen LogP contribution in [0.15, 0.2) is 0 Å². The van der Waals surface area contributed by atoms with Crippen LogP contribution in [0.5, 0.6) is 0 Å². The molecule has 0 spiro atoms. The highest BCUT2D eigenvalue weighted by Gasteiger charge is 2.16. The smallest absolute Gasteiger partial charge is 0.305 e. The van der Waals surface area contributed by atoms with E-state index in [0.717, 1.165) is 12.8 Å². The van der Waals surface area contributed by atoms with Gasteiger partial charge in [-0.1, -0.05) is 6.92 Å². The summed E-state index contributed by atoms with van der Waals surface area (Å²) in [5, 5.41) is 0. The Morgan fingerprint density at radius 3 is 1.85 bits per heavy atom. The molecule has 0 amide bonds. The van der Waals surface area contributed by atoms with Crippen molar-refractivity contribution < 1.29 is 17.9 Å². The molecule has 0 N–H and O–H groups in total. The van der Waals surface area contributed by atoms with E-state index in [9.17, 15) is 13.2 Å². The van der Waals surface area contributed by atoms with Gasteiger partial charge in [0.05, 0.1) is 18.6 Å². The minimum atomic E-state index is -2.55. The molecule has 0 unspecified atom stereocenters. The third-order valence-corrected chi connectivity index (χ3v) is 3.50. The molecule has 0 aromatic heterocycles. The molecule has 1 fully saturated rings. The minimum absolute atomic E-state index is 0.157. The Morgan fingerprint density at radius 2 is 1.77 bits per heavy atom. The van der Waals surface area contributed by atoms with E-state index in [0.29, 0.717) is 17.9 Å². The van der Waals surface area contributed by atoms with Gasteiger partial charge in [-0.05, 0) is 12.8 Å². The van der Waals surface area contributed by atoms with Crippen molar-refractivity contribution >= 4 is 15.8 Å². The zero-order valence-electron chi connectivity index (χ0n) is 8.08. The number of carbonyl (C=O) groups excluding carboxylic acids is 1. The number of rotatable bonds is 1. The molecule has 1 heterocycles. The van der Waals surface area contributed by atoms with Gasteiger partial charge in [0, 0.05) is 6.42 Å². The number of esters is 1. The molecule has 0 atom stereocenters. The van der Waals surface area contributed by atoms with Gasteiger partial charge in [-0.3, -0.25) is 4.79 Å². The second-order valence-corrected chi connectivity index (χ2v) is 5.09. The predicted octanol–water partition coefficient (Wildman–Crippen LogP) is 0.764. The molecule has 5 heteroatoms. The SMILES string of the molecule is CCC(=O)OC.O=S1(=O)CCCC1. The fraction of sp³-hybridized carbons (Fsp3) is 0.875. The van der Waals surface area contributed by atoms with E-state index in [1.807, 2.05) is 0 Å². The average molecular weight is 208 g/mol. The molecule has 1 aliphatic rings. The van der Waals surface area contributed by atoms with Crippen molar-refractivity contribution in [3.8, 4) is 0 Å². The van der Waals surface area contributed by atoms with Crippen LogP contribution in [0.2, 0.25) is 0 Å². The van der Waals surface area contributed by atoms with Crippen LogP contribution >= 0.6 is 0 Å². The number of carbonyl (C=O) groups is 1. The van der Waals surface area contributed by atoms with Gasteiger partial charge < -0.3 is 4.74 Å². The van der Waals surface area contributed by atoms with Crippen LogP contribution in [-0.2, 0) is 19.4 Å². The Labute approximate surface area is 79.2 Å². The summed E-state index contributed by atoms with van der Waals surface area (Å²) in [5.41, 5.74) is 0. The highest BCUT2D eigenvalue weighted by molar-refractivity contribution is 7.91. The highest BCUT2D eigenvalue weighted by Crippen LogP contribution is 2.08. The molecule has 0 radical (unpaired) electrons. The molecule has 13 heavy (non-hydrogen) atoms. The van der Waals surface area contributed by atoms with E-state index < -0.39 is 9.84 Å². The number of sulfone groups is 1. The lowest BCUT2D eigenvalue weighted by atomic mass is 10.4. The van der Waals surface area contributed by atoms with Crippen molar-refractivity contribution in [1.29, 1.82) is 0 Å². The molecule has 0 bridgehead atoms. The van der Waals surface area contributed by atoms with E-state index in [-0.39, 0.29) is 5.97 Å². The molecule has 4 nitrogen and oxygen atoms in total. The number of methoxy groups -OCH3 is 1. The van der Waals surface area contributed by atoms with Crippen molar-refractivity contribution in [3.63, 3.8) is 0 Å². The lowest BCUT2D eigenvalue weighted by molar-refractivity contribution is -0.140. The Morgan fingerprint density at radius 1 is 1.31 bits per heavy atom. The van der Waals surface area contributed by atoms with Crippen molar-refractivity contribution in [1.82, 2.24) is 0 Å². The lowest BCUT2D eigenvalue weighted by Gasteiger charge is -1.87. The summed E-state index contributed by atoms with van der Waals surface area (Å²) in [6.07, 6.45) is 2.22. The van der Waals surface area contributed by atoms with Gasteiger partial charge in [0.2, 0.25) is 0 Å². The number of ether oxygens (including phenoxy) is 1. The topological polar surface area (TPSA) is 60.4 Å². The summed E-state index contributed by atoms with van der Waals surface area (Å²) in [7, 11) is -1.17. The minimum Gasteiger partial charge on any atom is -0.469 e. The van der Waals surface area contributed by atoms with Crippen LogP contribution < -0.4 is 0 Å². The number of hydrogen-bond acceptors (Lipinski definition) is 4. The summed E-state index contributed by atoms with van der Waals surface area (Å²) in [6.45, 7) is 1.76. The predicted molar refractivity (Wildman–Crippen MR) is 50.2 cm³/mol. The van der Waals surface area contributed by atoms with Crippen molar-refractivity contribution in [2.45, 2.75) is 26.2 Å². The molecule has 1 rings (SSSR count). The van der Waals surface area contributed by atoms with Gasteiger partial charge in [0.1, 0.15) is 9.84 Å². The standard InChI is InChI=1S/C4H8O2S.C4H8O2/c5-7(6)3-1-2-4-7;1-3-4(5)6-2/h1-4H2;3H2,1-2H3. The summed E-state index contributed by atoms with van der Waals surface area (Å²) >= 11 is 0. The summed E-state index contributed by atoms with van der Waals surface area (Å²) in [5.74, 6) is 0.690. The zero-order chi connectivity index (χ0) is 10.3. The quantitative estimate of drug-likeness (QED) is 0.597. The molecular formula is C8H16O4S. The molecule has 0 aromatic carbocycles. The Bertz CT molecular complexity index is 225. The highest BCUT2D eigenvalue weighted by atomic mass is 32.2. The van der Waals surface area contributed by atoms with E-state index >= 15 is 0 Å². The van der Waals surface area contributed by atoms with Crippen LogP contribution in [0.4, 0.5) is 0 Å². The van der Waals surface area contributed by atoms with E-state index in [2.05, 4.69) is 4.74 Å². The maximum absolute atomic E-state index is 10.4. The monoisotopic (exact) mass is 208 g/mol. The maximum Gasteiger partial charge on any atom is 0.305 e. The second kappa shape index (κ2) is 5.96. The maximum atomic E-state index is 10.4.